The van der Waals surface area contributed by atoms with E-state index in [4.69, 9.17) is 4.98 Å². The van der Waals surface area contributed by atoms with Crippen LogP contribution in [0.4, 0.5) is 5.82 Å². The van der Waals surface area contributed by atoms with Crippen LogP contribution in [0, 0.1) is 5.92 Å². The largest absolute Gasteiger partial charge is 0.508 e. The van der Waals surface area contributed by atoms with E-state index in [1.807, 2.05) is 84.7 Å². The number of rotatable bonds is 13. The van der Waals surface area contributed by atoms with Crippen molar-refractivity contribution in [1.82, 2.24) is 34.3 Å². The van der Waals surface area contributed by atoms with Gasteiger partial charge in [0, 0.05) is 81.9 Å². The lowest BCUT2D eigenvalue weighted by Crippen LogP contribution is -2.75. The molecule has 3 amide bonds. The number of hydrazine groups is 1. The lowest BCUT2D eigenvalue weighted by atomic mass is 9.97. The van der Waals surface area contributed by atoms with Crippen molar-refractivity contribution in [2.24, 2.45) is 13.0 Å². The summed E-state index contributed by atoms with van der Waals surface area (Å²) in [6.07, 6.45) is 6.96. The van der Waals surface area contributed by atoms with E-state index in [-0.39, 0.29) is 74.7 Å². The molecule has 1 N–H and O–H groups in total. The molecule has 62 heavy (non-hydrogen) atoms. The molecule has 2 unspecified atom stereocenters. The van der Waals surface area contributed by atoms with Crippen LogP contribution in [0.3, 0.4) is 0 Å². The molecule has 320 valence electrons. The van der Waals surface area contributed by atoms with Gasteiger partial charge in [-0.25, -0.2) is 15.0 Å². The maximum atomic E-state index is 14.8. The van der Waals surface area contributed by atoms with Gasteiger partial charge in [0.1, 0.15) is 23.8 Å². The number of Topliss-reactive ketones (excluding diaryl/α,β-unsaturated/α-hetero) is 1. The lowest BCUT2D eigenvalue weighted by molar-refractivity contribution is -0.205. The van der Waals surface area contributed by atoms with Crippen LogP contribution in [-0.4, -0.2) is 127 Å². The van der Waals surface area contributed by atoms with Gasteiger partial charge in [0.25, 0.3) is 0 Å². The third kappa shape index (κ3) is 7.98. The number of ketones is 1. The van der Waals surface area contributed by atoms with Crippen molar-refractivity contribution in [1.29, 1.82) is 0 Å². The molecule has 13 heteroatoms. The molecule has 4 saturated heterocycles. The molecular weight excluding hydrogens is 781 g/mol. The fourth-order valence-corrected chi connectivity index (χ4v) is 10.2. The molecule has 3 aromatic carbocycles. The van der Waals surface area contributed by atoms with E-state index in [1.54, 1.807) is 50.2 Å². The fourth-order valence-electron chi connectivity index (χ4n) is 10.2. The average Bonchev–Trinajstić information content (AvgIpc) is 3.97. The zero-order valence-electron chi connectivity index (χ0n) is 35.5. The molecule has 2 aromatic heterocycles. The second kappa shape index (κ2) is 17.2. The monoisotopic (exact) mass is 834 g/mol. The zero-order chi connectivity index (χ0) is 43.1. The Morgan fingerprint density at radius 3 is 2.44 bits per heavy atom. The Labute approximate surface area is 362 Å². The highest BCUT2D eigenvalue weighted by Crippen LogP contribution is 2.34. The molecule has 9 rings (SSSR count). The molecule has 0 bridgehead atoms. The van der Waals surface area contributed by atoms with Crippen LogP contribution in [0.15, 0.2) is 110 Å². The number of phenols is 1. The molecule has 13 nitrogen and oxygen atoms in total. The number of likely N-dealkylation sites (N-methyl/N-ethyl adjacent to an activating group) is 1. The van der Waals surface area contributed by atoms with Crippen molar-refractivity contribution < 1.29 is 24.3 Å². The molecule has 4 aliphatic heterocycles. The maximum absolute atomic E-state index is 14.8. The number of piperazine rings is 1. The maximum Gasteiger partial charge on any atom is 0.246 e. The molecule has 5 aromatic rings. The zero-order valence-corrected chi connectivity index (χ0v) is 35.5. The predicted octanol–water partition coefficient (Wildman–Crippen LogP) is 4.83. The molecule has 0 radical (unpaired) electrons. The molecule has 4 aliphatic rings. The van der Waals surface area contributed by atoms with E-state index in [9.17, 15) is 24.3 Å². The van der Waals surface area contributed by atoms with Crippen molar-refractivity contribution in [3.63, 3.8) is 0 Å². The van der Waals surface area contributed by atoms with Gasteiger partial charge < -0.3 is 29.3 Å². The van der Waals surface area contributed by atoms with Crippen LogP contribution in [0.1, 0.15) is 45.5 Å². The summed E-state index contributed by atoms with van der Waals surface area (Å²) in [5.41, 5.74) is 4.92. The van der Waals surface area contributed by atoms with Gasteiger partial charge in [-0.15, -0.1) is 6.58 Å². The molecular formula is C49H54N8O5. The van der Waals surface area contributed by atoms with Gasteiger partial charge in [0.15, 0.2) is 5.78 Å². The minimum absolute atomic E-state index is 0.0223. The van der Waals surface area contributed by atoms with Gasteiger partial charge in [-0.1, -0.05) is 72.8 Å². The highest BCUT2D eigenvalue weighted by molar-refractivity contribution is 6.09. The second-order valence-electron chi connectivity index (χ2n) is 17.3. The number of carbonyl (C=O) groups is 4. The van der Waals surface area contributed by atoms with Crippen molar-refractivity contribution in [3.05, 3.63) is 138 Å². The summed E-state index contributed by atoms with van der Waals surface area (Å²) in [6, 6.07) is 26.0. The van der Waals surface area contributed by atoms with Gasteiger partial charge in [0.05, 0.1) is 18.6 Å². The summed E-state index contributed by atoms with van der Waals surface area (Å²) in [7, 11) is 4.11. The first-order valence-electron chi connectivity index (χ1n) is 21.7. The third-order valence-corrected chi connectivity index (χ3v) is 13.3. The van der Waals surface area contributed by atoms with Gasteiger partial charge >= 0.3 is 0 Å². The number of hydrogen-bond acceptors (Lipinski definition) is 9. The quantitative estimate of drug-likeness (QED) is 0.131. The van der Waals surface area contributed by atoms with Gasteiger partial charge in [-0.05, 0) is 72.8 Å². The summed E-state index contributed by atoms with van der Waals surface area (Å²) in [4.78, 5) is 70.2. The van der Waals surface area contributed by atoms with E-state index < -0.39 is 12.2 Å². The van der Waals surface area contributed by atoms with Crippen LogP contribution in [0.25, 0.3) is 10.9 Å². The molecule has 4 atom stereocenters. The number of carbonyl (C=O) groups excluding carboxylic acids is 4. The van der Waals surface area contributed by atoms with Crippen LogP contribution < -0.4 is 4.90 Å². The smallest absolute Gasteiger partial charge is 0.246 e. The first-order chi connectivity index (χ1) is 30.1. The summed E-state index contributed by atoms with van der Waals surface area (Å²) >= 11 is 0. The minimum Gasteiger partial charge on any atom is -0.508 e. The number of nitrogens with zero attached hydrogens (tertiary/aromatic N) is 8. The van der Waals surface area contributed by atoms with Gasteiger partial charge in [-0.3, -0.25) is 19.2 Å². The van der Waals surface area contributed by atoms with E-state index in [1.165, 1.54) is 6.42 Å². The number of phenolic OH excluding ortho intramolecular Hbond substituents is 1. The predicted molar refractivity (Wildman–Crippen MR) is 237 cm³/mol. The number of likely N-dealkylation sites (tertiary alicyclic amines) is 1. The Kier molecular flexibility index (Phi) is 11.4. The normalized spacial score (nSPS) is 21.8. The number of fused-ring (bicyclic) bond motifs is 3. The van der Waals surface area contributed by atoms with Crippen molar-refractivity contribution in [2.45, 2.75) is 56.9 Å². The first kappa shape index (κ1) is 41.1. The number of aromatic hydroxyl groups is 1. The number of para-hydroxylation sites is 1. The summed E-state index contributed by atoms with van der Waals surface area (Å²) in [5, 5.41) is 14.2. The van der Waals surface area contributed by atoms with Crippen molar-refractivity contribution >= 4 is 40.2 Å². The summed E-state index contributed by atoms with van der Waals surface area (Å²) in [5.74, 6) is 1.06. The average molecular weight is 835 g/mol. The number of amides is 3. The van der Waals surface area contributed by atoms with Crippen LogP contribution in [0.2, 0.25) is 0 Å². The van der Waals surface area contributed by atoms with E-state index in [2.05, 4.69) is 23.4 Å². The standard InChI is InChI=1S/C49H54N8O5/c1-4-22-55-32-47(61)56-41(24-34-13-17-38(58)18-14-34)49(62)54(31-45(56)57(55)46(60)20-16-33-9-6-5-7-10-33)28-37-11-8-12-39-40(29-52(3)48(37)39)43(59)25-35-15-19-44(50-26-35)53-27-36-21-23-51(2)42(36)30-53/h4-15,17-19,26,29,36,41-42,45,58H,1,16,20-25,27-28,30-32H2,2-3H3/t36?,41-,42?,45-/m0/s1. The Morgan fingerprint density at radius 2 is 1.69 bits per heavy atom. The molecule has 0 saturated carbocycles. The number of pyridine rings is 1. The molecule has 6 heterocycles. The van der Waals surface area contributed by atoms with Crippen LogP contribution in [0.5, 0.6) is 5.75 Å². The van der Waals surface area contributed by atoms with Crippen LogP contribution >= 0.6 is 0 Å². The second-order valence-corrected chi connectivity index (χ2v) is 17.3. The lowest BCUT2D eigenvalue weighted by Gasteiger charge is -2.55. The first-order valence-corrected chi connectivity index (χ1v) is 21.7. The van der Waals surface area contributed by atoms with Gasteiger partial charge in [0.2, 0.25) is 17.7 Å². The summed E-state index contributed by atoms with van der Waals surface area (Å²) in [6.45, 7) is 7.54. The number of aryl methyl sites for hydroxylation is 2. The Bertz CT molecular complexity index is 2490. The number of anilines is 1. The SMILES string of the molecule is C=CCN1CC(=O)N2[C@@H](Cc3ccc(O)cc3)C(=O)N(Cc3cccc4c(C(=O)Cc5ccc(N6CC7CCN(C)C7C6)nc5)cn(C)c34)C[C@@H]2N1C(=O)CCc1ccccc1. The highest BCUT2D eigenvalue weighted by atomic mass is 16.3. The number of benzene rings is 3. The van der Waals surface area contributed by atoms with Crippen LogP contribution in [-0.2, 0) is 47.2 Å². The molecule has 0 spiro atoms. The number of aromatic nitrogens is 2. The molecule has 0 aliphatic carbocycles. The minimum atomic E-state index is -0.905. The van der Waals surface area contributed by atoms with E-state index >= 15 is 0 Å². The Balaban J connectivity index is 0.985. The number of hydrogen-bond donors (Lipinski definition) is 1. The fraction of sp³-hybridized carbons (Fsp3) is 0.367. The van der Waals surface area contributed by atoms with E-state index in [0.717, 1.165) is 58.6 Å². The Hall–Kier alpha value is -6.31. The topological polar surface area (TPSA) is 126 Å². The summed E-state index contributed by atoms with van der Waals surface area (Å²) < 4.78 is 1.95. The van der Waals surface area contributed by atoms with Crippen molar-refractivity contribution in [3.8, 4) is 5.75 Å². The molecule has 4 fully saturated rings. The Morgan fingerprint density at radius 1 is 0.903 bits per heavy atom. The highest BCUT2D eigenvalue weighted by Gasteiger charge is 2.51. The van der Waals surface area contributed by atoms with E-state index in [0.29, 0.717) is 23.9 Å². The van der Waals surface area contributed by atoms with Gasteiger partial charge in [-0.2, -0.15) is 0 Å². The van der Waals surface area contributed by atoms with Crippen molar-refractivity contribution in [2.75, 3.05) is 51.2 Å². The third-order valence-electron chi connectivity index (χ3n) is 13.3.